The standard InChI is InChI=1S/C17H19N3O4/c1-23-11-5-7-15(24-2)12(10-11)14-4-3-9-20(14)17(22)13-6-8-16(21)19-18-13/h5-8,10,14H,3-4,9H2,1-2H3,(H,19,21)/t14-/m1/s1. The van der Waals surface area contributed by atoms with E-state index in [4.69, 9.17) is 9.47 Å². The van der Waals surface area contributed by atoms with Crippen LogP contribution in [0.1, 0.15) is 34.9 Å². The molecule has 7 nitrogen and oxygen atoms in total. The monoisotopic (exact) mass is 329 g/mol. The van der Waals surface area contributed by atoms with Gasteiger partial charge in [-0.05, 0) is 37.1 Å². The molecule has 0 saturated carbocycles. The Balaban J connectivity index is 1.94. The summed E-state index contributed by atoms with van der Waals surface area (Å²) in [5.41, 5.74) is 0.800. The minimum absolute atomic E-state index is 0.115. The van der Waals surface area contributed by atoms with Crippen LogP contribution >= 0.6 is 0 Å². The van der Waals surface area contributed by atoms with Crippen LogP contribution in [0.4, 0.5) is 0 Å². The Morgan fingerprint density at radius 2 is 2.08 bits per heavy atom. The fourth-order valence-electron chi connectivity index (χ4n) is 3.04. The molecular formula is C17H19N3O4. The molecule has 0 aliphatic carbocycles. The number of ether oxygens (including phenoxy) is 2. The number of aromatic nitrogens is 2. The van der Waals surface area contributed by atoms with Crippen LogP contribution in [0.5, 0.6) is 11.5 Å². The predicted molar refractivity (Wildman–Crippen MR) is 87.4 cm³/mol. The van der Waals surface area contributed by atoms with Crippen molar-refractivity contribution in [1.29, 1.82) is 0 Å². The minimum atomic E-state index is -0.334. The summed E-state index contributed by atoms with van der Waals surface area (Å²) in [5, 5.41) is 6.14. The molecule has 1 fully saturated rings. The number of carbonyl (C=O) groups is 1. The van der Waals surface area contributed by atoms with Crippen LogP contribution in [0.3, 0.4) is 0 Å². The number of methoxy groups -OCH3 is 2. The number of likely N-dealkylation sites (tertiary alicyclic amines) is 1. The molecule has 24 heavy (non-hydrogen) atoms. The fourth-order valence-corrected chi connectivity index (χ4v) is 3.04. The molecule has 1 amide bonds. The lowest BCUT2D eigenvalue weighted by atomic mass is 10.0. The third-order valence-corrected chi connectivity index (χ3v) is 4.21. The number of amides is 1. The number of benzene rings is 1. The molecule has 1 aromatic heterocycles. The molecule has 3 rings (SSSR count). The summed E-state index contributed by atoms with van der Waals surface area (Å²) >= 11 is 0. The molecule has 1 N–H and O–H groups in total. The van der Waals surface area contributed by atoms with Crippen molar-refractivity contribution in [3.05, 3.63) is 51.9 Å². The molecule has 126 valence electrons. The Bertz CT molecular complexity index is 782. The van der Waals surface area contributed by atoms with Crippen LogP contribution in [-0.2, 0) is 0 Å². The van der Waals surface area contributed by atoms with Crippen LogP contribution in [0.15, 0.2) is 35.1 Å². The van der Waals surface area contributed by atoms with Crippen LogP contribution in [0.2, 0.25) is 0 Å². The molecule has 1 aliphatic heterocycles. The van der Waals surface area contributed by atoms with E-state index in [0.29, 0.717) is 12.3 Å². The Hall–Kier alpha value is -2.83. The second-order valence-electron chi connectivity index (χ2n) is 5.57. The molecule has 1 atom stereocenters. The Morgan fingerprint density at radius 3 is 2.75 bits per heavy atom. The van der Waals surface area contributed by atoms with Gasteiger partial charge in [0.15, 0.2) is 0 Å². The molecule has 2 aromatic rings. The molecule has 1 saturated heterocycles. The molecular weight excluding hydrogens is 310 g/mol. The van der Waals surface area contributed by atoms with E-state index >= 15 is 0 Å². The molecule has 1 aromatic carbocycles. The summed E-state index contributed by atoms with van der Waals surface area (Å²) in [6.45, 7) is 0.630. The first-order valence-corrected chi connectivity index (χ1v) is 7.72. The maximum absolute atomic E-state index is 12.8. The molecule has 0 bridgehead atoms. The van der Waals surface area contributed by atoms with Gasteiger partial charge in [-0.1, -0.05) is 0 Å². The first-order valence-electron chi connectivity index (χ1n) is 7.72. The Kier molecular flexibility index (Phi) is 4.50. The normalized spacial score (nSPS) is 16.9. The summed E-state index contributed by atoms with van der Waals surface area (Å²) < 4.78 is 10.7. The number of nitrogens with zero attached hydrogens (tertiary/aromatic N) is 2. The van der Waals surface area contributed by atoms with Gasteiger partial charge >= 0.3 is 0 Å². The number of hydrogen-bond donors (Lipinski definition) is 1. The van der Waals surface area contributed by atoms with Crippen LogP contribution in [0, 0.1) is 0 Å². The summed E-state index contributed by atoms with van der Waals surface area (Å²) in [6, 6.07) is 8.20. The predicted octanol–water partition coefficient (Wildman–Crippen LogP) is 1.76. The molecule has 0 spiro atoms. The first kappa shape index (κ1) is 16.0. The molecule has 1 aliphatic rings. The highest BCUT2D eigenvalue weighted by Gasteiger charge is 2.33. The lowest BCUT2D eigenvalue weighted by Crippen LogP contribution is -2.32. The van der Waals surface area contributed by atoms with E-state index in [0.717, 1.165) is 24.2 Å². The van der Waals surface area contributed by atoms with Crippen LogP contribution < -0.4 is 15.0 Å². The maximum atomic E-state index is 12.8. The number of rotatable bonds is 4. The van der Waals surface area contributed by atoms with Gasteiger partial charge in [-0.3, -0.25) is 9.59 Å². The number of aromatic amines is 1. The molecule has 0 unspecified atom stereocenters. The quantitative estimate of drug-likeness (QED) is 0.924. The van der Waals surface area contributed by atoms with E-state index in [2.05, 4.69) is 10.2 Å². The number of H-pyrrole nitrogens is 1. The Morgan fingerprint density at radius 1 is 1.25 bits per heavy atom. The van der Waals surface area contributed by atoms with Crippen molar-refractivity contribution in [2.24, 2.45) is 0 Å². The highest BCUT2D eigenvalue weighted by atomic mass is 16.5. The zero-order chi connectivity index (χ0) is 17.1. The second-order valence-corrected chi connectivity index (χ2v) is 5.57. The van der Waals surface area contributed by atoms with E-state index in [9.17, 15) is 9.59 Å². The van der Waals surface area contributed by atoms with Crippen molar-refractivity contribution in [1.82, 2.24) is 15.1 Å². The maximum Gasteiger partial charge on any atom is 0.274 e. The van der Waals surface area contributed by atoms with Gasteiger partial charge in [-0.2, -0.15) is 5.10 Å². The van der Waals surface area contributed by atoms with E-state index < -0.39 is 0 Å². The summed E-state index contributed by atoms with van der Waals surface area (Å²) in [4.78, 5) is 25.7. The van der Waals surface area contributed by atoms with Gasteiger partial charge in [0, 0.05) is 18.2 Å². The largest absolute Gasteiger partial charge is 0.497 e. The lowest BCUT2D eigenvalue weighted by Gasteiger charge is -2.26. The summed E-state index contributed by atoms with van der Waals surface area (Å²) in [5.74, 6) is 1.22. The highest BCUT2D eigenvalue weighted by molar-refractivity contribution is 5.92. The molecule has 0 radical (unpaired) electrons. The summed E-state index contributed by atoms with van der Waals surface area (Å²) in [7, 11) is 3.21. The highest BCUT2D eigenvalue weighted by Crippen LogP contribution is 2.39. The Labute approximate surface area is 139 Å². The summed E-state index contributed by atoms with van der Waals surface area (Å²) in [6.07, 6.45) is 1.72. The van der Waals surface area contributed by atoms with Crippen molar-refractivity contribution in [3.63, 3.8) is 0 Å². The zero-order valence-corrected chi connectivity index (χ0v) is 13.6. The average Bonchev–Trinajstić information content (AvgIpc) is 3.10. The molecule has 7 heteroatoms. The number of carbonyl (C=O) groups excluding carboxylic acids is 1. The van der Waals surface area contributed by atoms with Gasteiger partial charge < -0.3 is 14.4 Å². The topological polar surface area (TPSA) is 84.5 Å². The zero-order valence-electron chi connectivity index (χ0n) is 13.6. The van der Waals surface area contributed by atoms with Crippen molar-refractivity contribution >= 4 is 5.91 Å². The van der Waals surface area contributed by atoms with Crippen molar-refractivity contribution < 1.29 is 14.3 Å². The van der Waals surface area contributed by atoms with Gasteiger partial charge in [-0.25, -0.2) is 5.10 Å². The van der Waals surface area contributed by atoms with Gasteiger partial charge in [0.2, 0.25) is 0 Å². The fraction of sp³-hybridized carbons (Fsp3) is 0.353. The number of nitrogens with one attached hydrogen (secondary N) is 1. The minimum Gasteiger partial charge on any atom is -0.497 e. The van der Waals surface area contributed by atoms with Gasteiger partial charge in [0.25, 0.3) is 11.5 Å². The van der Waals surface area contributed by atoms with Crippen molar-refractivity contribution in [3.8, 4) is 11.5 Å². The SMILES string of the molecule is COc1ccc(OC)c([C@H]2CCCN2C(=O)c2ccc(=O)[nH]n2)c1. The third-order valence-electron chi connectivity index (χ3n) is 4.21. The van der Waals surface area contributed by atoms with Crippen molar-refractivity contribution in [2.75, 3.05) is 20.8 Å². The van der Waals surface area contributed by atoms with Gasteiger partial charge in [0.1, 0.15) is 17.2 Å². The van der Waals surface area contributed by atoms with E-state index in [1.807, 2.05) is 18.2 Å². The van der Waals surface area contributed by atoms with E-state index in [-0.39, 0.29) is 23.2 Å². The first-order chi connectivity index (χ1) is 11.6. The lowest BCUT2D eigenvalue weighted by molar-refractivity contribution is 0.0726. The number of hydrogen-bond acceptors (Lipinski definition) is 5. The van der Waals surface area contributed by atoms with Crippen molar-refractivity contribution in [2.45, 2.75) is 18.9 Å². The van der Waals surface area contributed by atoms with E-state index in [1.165, 1.54) is 12.1 Å². The second kappa shape index (κ2) is 6.74. The van der Waals surface area contributed by atoms with E-state index in [1.54, 1.807) is 19.1 Å². The van der Waals surface area contributed by atoms with Gasteiger partial charge in [0.05, 0.1) is 20.3 Å². The third kappa shape index (κ3) is 2.97. The smallest absolute Gasteiger partial charge is 0.274 e. The average molecular weight is 329 g/mol. The molecule has 2 heterocycles. The van der Waals surface area contributed by atoms with Gasteiger partial charge in [-0.15, -0.1) is 0 Å². The van der Waals surface area contributed by atoms with Crippen LogP contribution in [0.25, 0.3) is 0 Å². The van der Waals surface area contributed by atoms with Crippen LogP contribution in [-0.4, -0.2) is 41.8 Å².